The maximum atomic E-state index is 12.4. The number of halogens is 3. The molecular formula is C8H7F3N2O2. The molecule has 0 aliphatic carbocycles. The van der Waals surface area contributed by atoms with Crippen molar-refractivity contribution in [3.63, 3.8) is 0 Å². The molecule has 1 aliphatic rings. The van der Waals surface area contributed by atoms with Crippen LogP contribution in [0, 0.1) is 0 Å². The molecule has 0 atom stereocenters. The quantitative estimate of drug-likeness (QED) is 0.669. The number of hydrogen-bond acceptors (Lipinski definition) is 2. The third-order valence-electron chi connectivity index (χ3n) is 2.29. The van der Waals surface area contributed by atoms with Crippen molar-refractivity contribution in [1.29, 1.82) is 0 Å². The molecule has 0 aromatic carbocycles. The summed E-state index contributed by atoms with van der Waals surface area (Å²) in [5.41, 5.74) is -1.32. The van der Waals surface area contributed by atoms with Crippen molar-refractivity contribution in [1.82, 2.24) is 10.3 Å². The highest BCUT2D eigenvalue weighted by Crippen LogP contribution is 2.35. The van der Waals surface area contributed by atoms with Gasteiger partial charge in [-0.25, -0.2) is 4.79 Å². The molecule has 82 valence electrons. The van der Waals surface area contributed by atoms with Gasteiger partial charge in [0.15, 0.2) is 0 Å². The molecule has 0 spiro atoms. The molecule has 0 saturated carbocycles. The molecule has 1 aliphatic heterocycles. The van der Waals surface area contributed by atoms with Crippen LogP contribution in [-0.2, 0) is 19.3 Å². The van der Waals surface area contributed by atoms with Crippen LogP contribution in [0.3, 0.4) is 0 Å². The van der Waals surface area contributed by atoms with Crippen LogP contribution < -0.4 is 5.32 Å². The number of aromatic amines is 1. The van der Waals surface area contributed by atoms with Gasteiger partial charge in [-0.3, -0.25) is 0 Å². The summed E-state index contributed by atoms with van der Waals surface area (Å²) in [7, 11) is 0. The second-order valence-corrected chi connectivity index (χ2v) is 3.24. The van der Waals surface area contributed by atoms with Gasteiger partial charge in [0.2, 0.25) is 0 Å². The second-order valence-electron chi connectivity index (χ2n) is 3.24. The smallest absolute Gasteiger partial charge is 0.432 e. The molecule has 3 N–H and O–H groups in total. The molecule has 15 heavy (non-hydrogen) atoms. The zero-order valence-corrected chi connectivity index (χ0v) is 7.40. The Hall–Kier alpha value is -1.50. The first-order chi connectivity index (χ1) is 6.91. The molecule has 0 fully saturated rings. The summed E-state index contributed by atoms with van der Waals surface area (Å²) in [6.45, 7) is 0.398. The Bertz CT molecular complexity index is 422. The number of alkyl halides is 3. The lowest BCUT2D eigenvalue weighted by atomic mass is 10.1. The van der Waals surface area contributed by atoms with Crippen LogP contribution in [0.4, 0.5) is 13.2 Å². The highest BCUT2D eigenvalue weighted by molar-refractivity contribution is 5.91. The Morgan fingerprint density at radius 1 is 1.33 bits per heavy atom. The number of H-pyrrole nitrogens is 1. The van der Waals surface area contributed by atoms with Gasteiger partial charge in [0.25, 0.3) is 0 Å². The molecule has 0 bridgehead atoms. The summed E-state index contributed by atoms with van der Waals surface area (Å²) in [6.07, 6.45) is -4.65. The molecule has 0 radical (unpaired) electrons. The fourth-order valence-electron chi connectivity index (χ4n) is 1.70. The molecule has 4 nitrogen and oxygen atoms in total. The third kappa shape index (κ3) is 1.48. The normalized spacial score (nSPS) is 15.4. The van der Waals surface area contributed by atoms with E-state index in [1.54, 1.807) is 0 Å². The number of fused-ring (bicyclic) bond motifs is 1. The molecule has 0 amide bonds. The van der Waals surface area contributed by atoms with Crippen molar-refractivity contribution < 1.29 is 23.1 Å². The summed E-state index contributed by atoms with van der Waals surface area (Å²) >= 11 is 0. The maximum absolute atomic E-state index is 12.4. The Morgan fingerprint density at radius 2 is 2.00 bits per heavy atom. The Kier molecular flexibility index (Phi) is 2.00. The minimum atomic E-state index is -4.65. The largest absolute Gasteiger partial charge is 0.478 e. The molecule has 1 aromatic rings. The lowest BCUT2D eigenvalue weighted by Crippen LogP contribution is -2.15. The van der Waals surface area contributed by atoms with Crippen molar-refractivity contribution >= 4 is 5.97 Å². The molecule has 2 heterocycles. The topological polar surface area (TPSA) is 65.1 Å². The first kappa shape index (κ1) is 10.0. The summed E-state index contributed by atoms with van der Waals surface area (Å²) in [5, 5.41) is 11.5. The van der Waals surface area contributed by atoms with E-state index >= 15 is 0 Å². The lowest BCUT2D eigenvalue weighted by Gasteiger charge is -2.06. The van der Waals surface area contributed by atoms with Gasteiger partial charge in [0.1, 0.15) is 5.69 Å². The van der Waals surface area contributed by atoms with Crippen molar-refractivity contribution in [3.8, 4) is 0 Å². The predicted molar refractivity (Wildman–Crippen MR) is 43.3 cm³/mol. The van der Waals surface area contributed by atoms with E-state index in [1.165, 1.54) is 0 Å². The Balaban J connectivity index is 2.62. The van der Waals surface area contributed by atoms with Gasteiger partial charge >= 0.3 is 12.1 Å². The Labute approximate surface area is 82.1 Å². The molecular weight excluding hydrogens is 213 g/mol. The zero-order chi connectivity index (χ0) is 11.2. The van der Waals surface area contributed by atoms with Crippen molar-refractivity contribution in [2.45, 2.75) is 19.3 Å². The molecule has 1 aromatic heterocycles. The number of nitrogens with one attached hydrogen (secondary N) is 2. The summed E-state index contributed by atoms with van der Waals surface area (Å²) in [5.74, 6) is -1.55. The van der Waals surface area contributed by atoms with Crippen LogP contribution in [-0.4, -0.2) is 16.1 Å². The van der Waals surface area contributed by atoms with E-state index in [0.29, 0.717) is 5.69 Å². The maximum Gasteiger partial charge on any atom is 0.432 e. The summed E-state index contributed by atoms with van der Waals surface area (Å²) < 4.78 is 37.3. The minimum Gasteiger partial charge on any atom is -0.478 e. The highest BCUT2D eigenvalue weighted by atomic mass is 19.4. The highest BCUT2D eigenvalue weighted by Gasteiger charge is 2.40. The first-order valence-corrected chi connectivity index (χ1v) is 4.16. The standard InChI is InChI=1S/C8H7F3N2O2/c9-8(10,11)6-5(7(14)15)3-1-12-2-4(3)13-6/h12-13H,1-2H2,(H,14,15). The lowest BCUT2D eigenvalue weighted by molar-refractivity contribution is -0.141. The van der Waals surface area contributed by atoms with Gasteiger partial charge in [-0.05, 0) is 0 Å². The predicted octanol–water partition coefficient (Wildman–Crippen LogP) is 1.33. The van der Waals surface area contributed by atoms with Gasteiger partial charge in [-0.1, -0.05) is 0 Å². The van der Waals surface area contributed by atoms with Gasteiger partial charge < -0.3 is 15.4 Å². The fraction of sp³-hybridized carbons (Fsp3) is 0.375. The van der Waals surface area contributed by atoms with E-state index < -0.39 is 23.4 Å². The monoisotopic (exact) mass is 220 g/mol. The van der Waals surface area contributed by atoms with E-state index in [1.807, 2.05) is 0 Å². The average Bonchev–Trinajstić information content (AvgIpc) is 2.56. The number of aromatic carboxylic acids is 1. The molecule has 7 heteroatoms. The average molecular weight is 220 g/mol. The van der Waals surface area contributed by atoms with Gasteiger partial charge in [0.05, 0.1) is 5.56 Å². The molecule has 2 rings (SSSR count). The van der Waals surface area contributed by atoms with Crippen LogP contribution in [0.15, 0.2) is 0 Å². The van der Waals surface area contributed by atoms with E-state index in [2.05, 4.69) is 10.3 Å². The number of rotatable bonds is 1. The van der Waals surface area contributed by atoms with Crippen LogP contribution in [0.2, 0.25) is 0 Å². The first-order valence-electron chi connectivity index (χ1n) is 4.16. The van der Waals surface area contributed by atoms with E-state index in [-0.39, 0.29) is 18.7 Å². The van der Waals surface area contributed by atoms with E-state index in [4.69, 9.17) is 5.11 Å². The summed E-state index contributed by atoms with van der Waals surface area (Å²) in [6, 6.07) is 0. The van der Waals surface area contributed by atoms with Crippen molar-refractivity contribution in [3.05, 3.63) is 22.5 Å². The number of carboxylic acids is 1. The van der Waals surface area contributed by atoms with Gasteiger partial charge in [0, 0.05) is 24.3 Å². The molecule has 0 unspecified atom stereocenters. The van der Waals surface area contributed by atoms with Crippen LogP contribution in [0.1, 0.15) is 27.3 Å². The zero-order valence-electron chi connectivity index (χ0n) is 7.40. The number of carbonyl (C=O) groups is 1. The van der Waals surface area contributed by atoms with Crippen LogP contribution >= 0.6 is 0 Å². The second kappa shape index (κ2) is 2.99. The van der Waals surface area contributed by atoms with Crippen molar-refractivity contribution in [2.75, 3.05) is 0 Å². The summed E-state index contributed by atoms with van der Waals surface area (Å²) in [4.78, 5) is 12.9. The Morgan fingerprint density at radius 3 is 2.53 bits per heavy atom. The van der Waals surface area contributed by atoms with E-state index in [0.717, 1.165) is 0 Å². The third-order valence-corrected chi connectivity index (χ3v) is 2.29. The fourth-order valence-corrected chi connectivity index (χ4v) is 1.70. The van der Waals surface area contributed by atoms with Crippen molar-refractivity contribution in [2.24, 2.45) is 0 Å². The minimum absolute atomic E-state index is 0.156. The number of aromatic nitrogens is 1. The van der Waals surface area contributed by atoms with Crippen LogP contribution in [0.25, 0.3) is 0 Å². The SMILES string of the molecule is O=C(O)c1c(C(F)(F)F)[nH]c2c1CNC2. The number of hydrogen-bond donors (Lipinski definition) is 3. The number of carboxylic acid groups (broad SMARTS) is 1. The molecule has 0 saturated heterocycles. The van der Waals surface area contributed by atoms with E-state index in [9.17, 15) is 18.0 Å². The van der Waals surface area contributed by atoms with Gasteiger partial charge in [-0.15, -0.1) is 0 Å². The van der Waals surface area contributed by atoms with Crippen LogP contribution in [0.5, 0.6) is 0 Å². The van der Waals surface area contributed by atoms with Gasteiger partial charge in [-0.2, -0.15) is 13.2 Å².